The van der Waals surface area contributed by atoms with Gasteiger partial charge in [0.25, 0.3) is 0 Å². The highest BCUT2D eigenvalue weighted by molar-refractivity contribution is 5.82. The van der Waals surface area contributed by atoms with Crippen molar-refractivity contribution in [3.8, 4) is 0 Å². The topological polar surface area (TPSA) is 135 Å². The molecule has 0 amide bonds. The number of aryl methyl sites for hydroxylation is 1. The van der Waals surface area contributed by atoms with Crippen LogP contribution in [0.15, 0.2) is 42.5 Å². The second kappa shape index (κ2) is 5.76. The SMILES string of the molecule is C[n+]1c2ccccc2nc2ccc(N)cc21.[O-][Cl+3]([O-])([O-])[O-]. The lowest BCUT2D eigenvalue weighted by atomic mass is 10.2. The number of halogens is 1. The Kier molecular flexibility index (Phi) is 4.21. The molecule has 0 saturated carbocycles. The van der Waals surface area contributed by atoms with Gasteiger partial charge in [0.05, 0.1) is 0 Å². The van der Waals surface area contributed by atoms with E-state index in [1.165, 1.54) is 0 Å². The molecule has 0 aliphatic carbocycles. The number of benzene rings is 2. The second-order valence-electron chi connectivity index (χ2n) is 4.29. The van der Waals surface area contributed by atoms with E-state index < -0.39 is 10.2 Å². The molecule has 1 aromatic heterocycles. The molecule has 0 spiro atoms. The quantitative estimate of drug-likeness (QED) is 0.268. The van der Waals surface area contributed by atoms with Crippen LogP contribution in [0.25, 0.3) is 22.1 Å². The van der Waals surface area contributed by atoms with Crippen molar-refractivity contribution in [2.75, 3.05) is 5.73 Å². The maximum absolute atomic E-state index is 8.49. The van der Waals surface area contributed by atoms with E-state index in [2.05, 4.69) is 15.6 Å². The summed E-state index contributed by atoms with van der Waals surface area (Å²) in [5, 5.41) is 0. The van der Waals surface area contributed by atoms with Crippen LogP contribution >= 0.6 is 0 Å². The summed E-state index contributed by atoms with van der Waals surface area (Å²) in [5.41, 5.74) is 10.7. The van der Waals surface area contributed by atoms with Crippen molar-refractivity contribution < 1.29 is 33.4 Å². The van der Waals surface area contributed by atoms with E-state index in [0.717, 1.165) is 27.8 Å². The summed E-state index contributed by atoms with van der Waals surface area (Å²) in [6.07, 6.45) is 0. The number of para-hydroxylation sites is 2. The molecule has 21 heavy (non-hydrogen) atoms. The van der Waals surface area contributed by atoms with Gasteiger partial charge in [-0.15, -0.1) is 10.2 Å². The Labute approximate surface area is 122 Å². The first-order valence-corrected chi connectivity index (χ1v) is 7.05. The molecular weight excluding hydrogens is 298 g/mol. The van der Waals surface area contributed by atoms with Gasteiger partial charge < -0.3 is 5.73 Å². The van der Waals surface area contributed by atoms with E-state index in [0.29, 0.717) is 0 Å². The van der Waals surface area contributed by atoms with Crippen LogP contribution in [0.3, 0.4) is 0 Å². The lowest BCUT2D eigenvalue weighted by Crippen LogP contribution is -2.68. The molecule has 2 aromatic carbocycles. The molecule has 0 fully saturated rings. The Morgan fingerprint density at radius 2 is 1.52 bits per heavy atom. The van der Waals surface area contributed by atoms with Gasteiger partial charge in [0, 0.05) is 17.8 Å². The van der Waals surface area contributed by atoms with Gasteiger partial charge in [-0.3, -0.25) is 0 Å². The number of rotatable bonds is 0. The van der Waals surface area contributed by atoms with E-state index in [9.17, 15) is 0 Å². The standard InChI is InChI=1S/C13H11N3.ClHO4/c1-16-12-5-3-2-4-10(12)15-11-7-6-9(14)8-13(11)16;2-1(3,4)5/h2-8,14H,1H3;(H,2,3,4,5). The van der Waals surface area contributed by atoms with Gasteiger partial charge >= 0.3 is 0 Å². The summed E-state index contributed by atoms with van der Waals surface area (Å²) in [6, 6.07) is 13.9. The van der Waals surface area contributed by atoms with Crippen LogP contribution in [-0.4, -0.2) is 4.98 Å². The average molecular weight is 310 g/mol. The fraction of sp³-hybridized carbons (Fsp3) is 0.0769. The number of nitrogen functional groups attached to an aromatic ring is 1. The molecule has 0 aliphatic rings. The smallest absolute Gasteiger partial charge is 0.233 e. The first-order valence-electron chi connectivity index (χ1n) is 5.81. The van der Waals surface area contributed by atoms with Gasteiger partial charge in [-0.25, -0.2) is 23.6 Å². The Morgan fingerprint density at radius 3 is 2.19 bits per heavy atom. The van der Waals surface area contributed by atoms with E-state index in [1.54, 1.807) is 0 Å². The zero-order valence-electron chi connectivity index (χ0n) is 11.0. The predicted octanol–water partition coefficient (Wildman–Crippen LogP) is -2.96. The third-order valence-corrected chi connectivity index (χ3v) is 2.84. The number of nitrogens with two attached hydrogens (primary N) is 1. The third-order valence-electron chi connectivity index (χ3n) is 2.84. The fourth-order valence-electron chi connectivity index (χ4n) is 2.01. The lowest BCUT2D eigenvalue weighted by molar-refractivity contribution is -2.00. The normalized spacial score (nSPS) is 11.3. The van der Waals surface area contributed by atoms with Gasteiger partial charge in [0.15, 0.2) is 0 Å². The van der Waals surface area contributed by atoms with Crippen LogP contribution < -0.4 is 28.9 Å². The van der Waals surface area contributed by atoms with Crippen molar-refractivity contribution in [3.63, 3.8) is 0 Å². The number of nitrogens with zero attached hydrogens (tertiary/aromatic N) is 2. The summed E-state index contributed by atoms with van der Waals surface area (Å²) in [6.45, 7) is 0. The third kappa shape index (κ3) is 3.97. The molecule has 8 heteroatoms. The predicted molar refractivity (Wildman–Crippen MR) is 64.8 cm³/mol. The highest BCUT2D eigenvalue weighted by Gasteiger charge is 2.11. The number of hydrogen-bond acceptors (Lipinski definition) is 6. The van der Waals surface area contributed by atoms with E-state index in [4.69, 9.17) is 24.4 Å². The van der Waals surface area contributed by atoms with Crippen LogP contribution in [0.5, 0.6) is 0 Å². The average Bonchev–Trinajstić information content (AvgIpc) is 2.38. The van der Waals surface area contributed by atoms with E-state index >= 15 is 0 Å². The molecule has 0 aliphatic heterocycles. The Morgan fingerprint density at radius 1 is 0.952 bits per heavy atom. The molecule has 3 rings (SSSR count). The molecule has 0 radical (unpaired) electrons. The summed E-state index contributed by atoms with van der Waals surface area (Å²) in [7, 11) is -2.91. The zero-order valence-corrected chi connectivity index (χ0v) is 11.8. The Hall–Kier alpha value is -2.03. The van der Waals surface area contributed by atoms with Gasteiger partial charge in [0.2, 0.25) is 11.0 Å². The molecule has 3 aromatic rings. The minimum Gasteiger partial charge on any atom is -0.399 e. The summed E-state index contributed by atoms with van der Waals surface area (Å²) in [4.78, 5) is 4.60. The summed E-state index contributed by atoms with van der Waals surface area (Å²) < 4.78 is 36.1. The van der Waals surface area contributed by atoms with Crippen molar-refractivity contribution in [1.29, 1.82) is 0 Å². The molecule has 7 nitrogen and oxygen atoms in total. The van der Waals surface area contributed by atoms with Crippen molar-refractivity contribution in [3.05, 3.63) is 42.5 Å². The maximum Gasteiger partial charge on any atom is 0.233 e. The molecule has 2 N–H and O–H groups in total. The van der Waals surface area contributed by atoms with E-state index in [-0.39, 0.29) is 0 Å². The number of anilines is 1. The number of aromatic nitrogens is 2. The van der Waals surface area contributed by atoms with Gasteiger partial charge in [-0.05, 0) is 18.2 Å². The van der Waals surface area contributed by atoms with Crippen LogP contribution in [0.1, 0.15) is 0 Å². The van der Waals surface area contributed by atoms with Gasteiger partial charge in [-0.2, -0.15) is 4.57 Å². The molecule has 0 unspecified atom stereocenters. The van der Waals surface area contributed by atoms with Gasteiger partial charge in [0.1, 0.15) is 18.1 Å². The molecule has 0 saturated heterocycles. The first kappa shape index (κ1) is 15.4. The molecule has 1 heterocycles. The number of hydrogen-bond donors (Lipinski definition) is 1. The van der Waals surface area contributed by atoms with Gasteiger partial charge in [-0.1, -0.05) is 12.1 Å². The zero-order chi connectivity index (χ0) is 15.6. The minimum absolute atomic E-state index is 0.764. The van der Waals surface area contributed by atoms with Crippen LogP contribution in [-0.2, 0) is 7.05 Å². The molecule has 0 atom stereocenters. The highest BCUT2D eigenvalue weighted by Crippen LogP contribution is 2.15. The monoisotopic (exact) mass is 309 g/mol. The second-order valence-corrected chi connectivity index (χ2v) is 5.04. The van der Waals surface area contributed by atoms with Crippen molar-refractivity contribution in [2.24, 2.45) is 7.05 Å². The van der Waals surface area contributed by atoms with E-state index in [1.807, 2.05) is 43.4 Å². The van der Waals surface area contributed by atoms with Crippen molar-refractivity contribution >= 4 is 27.8 Å². The largest absolute Gasteiger partial charge is 0.399 e. The fourth-order valence-corrected chi connectivity index (χ4v) is 2.01. The number of fused-ring (bicyclic) bond motifs is 2. The van der Waals surface area contributed by atoms with Crippen LogP contribution in [0.4, 0.5) is 5.69 Å². The Bertz CT molecular complexity index is 783. The molecule has 0 bridgehead atoms. The maximum atomic E-state index is 8.49. The lowest BCUT2D eigenvalue weighted by Gasteiger charge is -2.17. The molecule has 110 valence electrons. The highest BCUT2D eigenvalue weighted by atomic mass is 35.7. The summed E-state index contributed by atoms with van der Waals surface area (Å²) in [5.74, 6) is 0. The minimum atomic E-state index is -4.94. The summed E-state index contributed by atoms with van der Waals surface area (Å²) >= 11 is 0. The van der Waals surface area contributed by atoms with Crippen LogP contribution in [0, 0.1) is 10.2 Å². The van der Waals surface area contributed by atoms with Crippen molar-refractivity contribution in [1.82, 2.24) is 4.98 Å². The van der Waals surface area contributed by atoms with Crippen molar-refractivity contribution in [2.45, 2.75) is 0 Å². The van der Waals surface area contributed by atoms with Crippen LogP contribution in [0.2, 0.25) is 0 Å². The molecular formula is C13H12ClN3O4. The first-order chi connectivity index (χ1) is 9.75. The Balaban J connectivity index is 0.000000282.